The first-order valence-electron chi connectivity index (χ1n) is 4.37. The van der Waals surface area contributed by atoms with Gasteiger partial charge >= 0.3 is 0 Å². The van der Waals surface area contributed by atoms with E-state index in [-0.39, 0.29) is 32.7 Å². The molecular formula is C9H9B3Y-. The molecule has 0 aliphatic carbocycles. The van der Waals surface area contributed by atoms with Crippen molar-refractivity contribution in [2.45, 2.75) is 19.2 Å². The molecule has 0 amide bonds. The van der Waals surface area contributed by atoms with Crippen molar-refractivity contribution in [1.29, 1.82) is 0 Å². The molecule has 0 nitrogen and oxygen atoms in total. The van der Waals surface area contributed by atoms with E-state index in [4.69, 9.17) is 7.74 Å². The average Bonchev–Trinajstić information content (AvgIpc) is 2.40. The summed E-state index contributed by atoms with van der Waals surface area (Å²) in [7, 11) is 7.41. The first-order chi connectivity index (χ1) is 5.83. The second-order valence-corrected chi connectivity index (χ2v) is 3.50. The molecule has 58 valence electrons. The SMILES string of the molecule is [B][B]B1c2ccc[c-]c2CC1C.[Y]. The third-order valence-corrected chi connectivity index (χ3v) is 2.68. The van der Waals surface area contributed by atoms with Crippen LogP contribution in [0.3, 0.4) is 0 Å². The number of rotatable bonds is 1. The predicted molar refractivity (Wildman–Crippen MR) is 55.3 cm³/mol. The molecule has 1 unspecified atom stereocenters. The summed E-state index contributed by atoms with van der Waals surface area (Å²) in [5.41, 5.74) is 2.71. The zero-order valence-electron chi connectivity index (χ0n) is 7.83. The minimum atomic E-state index is 0. The molecule has 0 spiro atoms. The molecular weight excluding hydrogens is 229 g/mol. The molecule has 2 rings (SSSR count). The average molecular weight is 239 g/mol. The minimum Gasteiger partial charge on any atom is -0.184 e. The summed E-state index contributed by atoms with van der Waals surface area (Å²) in [6.45, 7) is 2.68. The monoisotopic (exact) mass is 239 g/mol. The fourth-order valence-electron chi connectivity index (χ4n) is 2.02. The van der Waals surface area contributed by atoms with E-state index in [1.165, 1.54) is 11.0 Å². The van der Waals surface area contributed by atoms with Crippen molar-refractivity contribution >= 4 is 26.9 Å². The molecule has 4 heteroatoms. The Bertz CT molecular complexity index is 290. The summed E-state index contributed by atoms with van der Waals surface area (Å²) in [5, 5.41) is 0. The van der Waals surface area contributed by atoms with Crippen LogP contribution in [0.5, 0.6) is 0 Å². The van der Waals surface area contributed by atoms with Crippen LogP contribution < -0.4 is 5.46 Å². The second kappa shape index (κ2) is 4.84. The van der Waals surface area contributed by atoms with Crippen molar-refractivity contribution in [3.8, 4) is 0 Å². The molecule has 0 N–H and O–H groups in total. The Morgan fingerprint density at radius 2 is 2.46 bits per heavy atom. The first kappa shape index (κ1) is 11.6. The Morgan fingerprint density at radius 1 is 1.69 bits per heavy atom. The van der Waals surface area contributed by atoms with Crippen molar-refractivity contribution < 1.29 is 32.7 Å². The van der Waals surface area contributed by atoms with Crippen LogP contribution in [0.1, 0.15) is 12.5 Å². The van der Waals surface area contributed by atoms with Crippen LogP contribution >= 0.6 is 0 Å². The predicted octanol–water partition coefficient (Wildman–Crippen LogP) is 0.417. The van der Waals surface area contributed by atoms with Crippen LogP contribution in [0, 0.1) is 6.07 Å². The molecule has 0 saturated heterocycles. The molecule has 13 heavy (non-hydrogen) atoms. The number of hydrogen-bond acceptors (Lipinski definition) is 0. The van der Waals surface area contributed by atoms with E-state index >= 15 is 0 Å². The van der Waals surface area contributed by atoms with E-state index in [1.807, 2.05) is 19.2 Å². The molecule has 4 radical (unpaired) electrons. The van der Waals surface area contributed by atoms with Crippen LogP contribution in [-0.2, 0) is 39.1 Å². The molecule has 1 aliphatic heterocycles. The fourth-order valence-corrected chi connectivity index (χ4v) is 2.02. The van der Waals surface area contributed by atoms with E-state index in [0.717, 1.165) is 6.42 Å². The van der Waals surface area contributed by atoms with Gasteiger partial charge in [0.25, 0.3) is 0 Å². The summed E-state index contributed by atoms with van der Waals surface area (Å²) < 4.78 is 0. The van der Waals surface area contributed by atoms with Crippen LogP contribution in [0.2, 0.25) is 5.82 Å². The van der Waals surface area contributed by atoms with Gasteiger partial charge in [-0.3, -0.25) is 0 Å². The maximum Gasteiger partial charge on any atom is 0.0624 e. The largest absolute Gasteiger partial charge is 0.184 e. The van der Waals surface area contributed by atoms with Gasteiger partial charge < -0.3 is 0 Å². The zero-order chi connectivity index (χ0) is 8.55. The standard InChI is InChI=1S/C9H9B3.Y/c1-7-6-8-4-2-3-5-9(8)12(7)11-10;/h2-3,5,7H,6H2,1H3;/q-1;. The Morgan fingerprint density at radius 3 is 3.15 bits per heavy atom. The molecule has 0 fully saturated rings. The van der Waals surface area contributed by atoms with Gasteiger partial charge in [-0.15, -0.1) is 0 Å². The Balaban J connectivity index is 0.000000845. The molecule has 0 aromatic heterocycles. The van der Waals surface area contributed by atoms with Crippen LogP contribution in [0.4, 0.5) is 0 Å². The Labute approximate surface area is 108 Å². The third-order valence-electron chi connectivity index (χ3n) is 2.68. The molecule has 0 bridgehead atoms. The van der Waals surface area contributed by atoms with Crippen LogP contribution in [-0.4, -0.2) is 21.4 Å². The molecule has 1 heterocycles. The van der Waals surface area contributed by atoms with E-state index in [9.17, 15) is 0 Å². The molecule has 1 aromatic carbocycles. The van der Waals surface area contributed by atoms with Crippen LogP contribution in [0.25, 0.3) is 0 Å². The third kappa shape index (κ3) is 2.13. The summed E-state index contributed by atoms with van der Waals surface area (Å²) in [6, 6.07) is 9.44. The zero-order valence-corrected chi connectivity index (χ0v) is 10.7. The summed E-state index contributed by atoms with van der Waals surface area (Å²) in [4.78, 5) is 0. The summed E-state index contributed by atoms with van der Waals surface area (Å²) in [6.07, 6.45) is 1.12. The maximum absolute atomic E-state index is 5.60. The summed E-state index contributed by atoms with van der Waals surface area (Å²) in [5.74, 6) is 0.642. The van der Waals surface area contributed by atoms with Gasteiger partial charge in [0.1, 0.15) is 0 Å². The topological polar surface area (TPSA) is 0 Å². The van der Waals surface area contributed by atoms with Gasteiger partial charge in [0.05, 0.1) is 6.60 Å². The minimum absolute atomic E-state index is 0. The van der Waals surface area contributed by atoms with E-state index in [2.05, 4.69) is 19.1 Å². The number of benzene rings is 1. The Hall–Kier alpha value is 0.519. The van der Waals surface area contributed by atoms with Gasteiger partial charge in [-0.2, -0.15) is 35.3 Å². The molecule has 1 atom stereocenters. The van der Waals surface area contributed by atoms with E-state index in [1.54, 1.807) is 0 Å². The van der Waals surface area contributed by atoms with Crippen molar-refractivity contribution in [3.05, 3.63) is 29.8 Å². The second-order valence-electron chi connectivity index (χ2n) is 3.50. The quantitative estimate of drug-likeness (QED) is 0.491. The fraction of sp³-hybridized carbons (Fsp3) is 0.333. The molecule has 1 aliphatic rings. The number of fused-ring (bicyclic) bond motifs is 1. The maximum atomic E-state index is 5.60. The van der Waals surface area contributed by atoms with Gasteiger partial charge in [0, 0.05) is 47.5 Å². The van der Waals surface area contributed by atoms with E-state index in [0.29, 0.717) is 12.4 Å². The normalized spacial score (nSPS) is 19.2. The molecule has 1 aromatic rings. The van der Waals surface area contributed by atoms with Gasteiger partial charge in [-0.05, 0) is 0 Å². The first-order valence-corrected chi connectivity index (χ1v) is 4.37. The molecule has 0 saturated carbocycles. The Kier molecular flexibility index (Phi) is 4.32. The summed E-state index contributed by atoms with van der Waals surface area (Å²) >= 11 is 0. The van der Waals surface area contributed by atoms with Gasteiger partial charge in [0.2, 0.25) is 0 Å². The van der Waals surface area contributed by atoms with Crippen molar-refractivity contribution in [2.75, 3.05) is 0 Å². The van der Waals surface area contributed by atoms with Gasteiger partial charge in [-0.1, -0.05) is 19.2 Å². The van der Waals surface area contributed by atoms with Gasteiger partial charge in [0.15, 0.2) is 0 Å². The van der Waals surface area contributed by atoms with Crippen molar-refractivity contribution in [1.82, 2.24) is 0 Å². The van der Waals surface area contributed by atoms with Gasteiger partial charge in [-0.25, -0.2) is 0 Å². The number of hydrogen-bond donors (Lipinski definition) is 0. The van der Waals surface area contributed by atoms with Crippen LogP contribution in [0.15, 0.2) is 18.2 Å². The van der Waals surface area contributed by atoms with E-state index < -0.39 is 0 Å². The smallest absolute Gasteiger partial charge is 0.0624 e. The van der Waals surface area contributed by atoms with Crippen molar-refractivity contribution in [2.24, 2.45) is 0 Å². The van der Waals surface area contributed by atoms with Crippen molar-refractivity contribution in [3.63, 3.8) is 0 Å².